The standard InChI is InChI=1S/4C18H20N2O8.C10H10N2.C10H9NO.C10H8O2/c4*21-3-7-27-5-1-19-15(23)11-9-13-14(10-12(11)16(19)24)18(26)20(17(13)25)2-6-28-8-4-22;11-9-5-1-3-7-8(9)4-2-6-10(7)12;11-9-5-1-4-8-7(9)3-2-6-10(8)12;11-9-5-1-3-7-8(9)4-2-6-10(7)12/h4*9-10,21-22H,1-8H2;1-6H,11-12H2;1-6,12H,11H2;1-6,11-12H. The second-order valence-corrected chi connectivity index (χ2v) is 32.7. The number of fused-ring (bicyclic) bond motifs is 11. The highest BCUT2D eigenvalue weighted by molar-refractivity contribution is 6.03. The van der Waals surface area contributed by atoms with Crippen LogP contribution < -0.4 is 106 Å². The SMILES string of the molecule is Nc1cccc2c(N)cccc12.Nc1cccc2c(O)cccc12.O=c1c2cc3c(=O)n(CCOCCO)c(=O)c3cc2c(=O)n1CCOCCO.O=c1c2cc3c(=O)n(CCOCCO)c(=O)c3cc2c(=O)n1CCOCCO.O=c1c2cc3c(=O)n(CCOCCO)c(=O)c3cc2c(=O)n1CCOCCO.O=c1c2cc3c(=O)n(CCOCCO)c(=O)c3cc2c(=O)n1CCOCCO.Oc1cccc2c(O)cccc12. The predicted molar refractivity (Wildman–Crippen MR) is 553 cm³/mol. The van der Waals surface area contributed by atoms with Crippen LogP contribution in [0.2, 0.25) is 0 Å². The van der Waals surface area contributed by atoms with Crippen molar-refractivity contribution in [2.24, 2.45) is 0 Å². The van der Waals surface area contributed by atoms with Crippen LogP contribution in [0.1, 0.15) is 0 Å². The van der Waals surface area contributed by atoms with E-state index in [1.54, 1.807) is 48.5 Å². The average molecular weight is 2050 g/mol. The molecule has 0 unspecified atom stereocenters. The molecule has 148 heavy (non-hydrogen) atoms. The van der Waals surface area contributed by atoms with Crippen LogP contribution >= 0.6 is 0 Å². The van der Waals surface area contributed by atoms with Crippen molar-refractivity contribution in [3.8, 4) is 17.2 Å². The summed E-state index contributed by atoms with van der Waals surface area (Å²) in [5.74, 6) is 0.673. The summed E-state index contributed by atoms with van der Waals surface area (Å²) >= 11 is 0. The van der Waals surface area contributed by atoms with E-state index < -0.39 is 88.9 Å². The first-order valence-corrected chi connectivity index (χ1v) is 46.4. The summed E-state index contributed by atoms with van der Waals surface area (Å²) in [6.45, 7) is 0.0903. The van der Waals surface area contributed by atoms with Crippen molar-refractivity contribution in [1.29, 1.82) is 0 Å². The quantitative estimate of drug-likeness (QED) is 0.0147. The van der Waals surface area contributed by atoms with E-state index in [0.29, 0.717) is 16.5 Å². The third kappa shape index (κ3) is 24.8. The van der Waals surface area contributed by atoms with Gasteiger partial charge in [0.1, 0.15) is 17.2 Å². The summed E-state index contributed by atoms with van der Waals surface area (Å²) in [6.07, 6.45) is 0. The molecule has 0 spiro atoms. The second kappa shape index (κ2) is 52.4. The van der Waals surface area contributed by atoms with E-state index in [9.17, 15) is 92.0 Å². The van der Waals surface area contributed by atoms with Crippen LogP contribution in [0, 0.1) is 0 Å². The molecule has 0 fully saturated rings. The van der Waals surface area contributed by atoms with Gasteiger partial charge in [-0.1, -0.05) is 72.8 Å². The van der Waals surface area contributed by atoms with Gasteiger partial charge in [0.2, 0.25) is 0 Å². The topological polar surface area (TPSA) is 687 Å². The molecule has 0 atom stereocenters. The summed E-state index contributed by atoms with van der Waals surface area (Å²) < 4.78 is 48.6. The van der Waals surface area contributed by atoms with Crippen molar-refractivity contribution in [1.82, 2.24) is 36.5 Å². The molecule has 0 bridgehead atoms. The number of aromatic nitrogens is 8. The lowest BCUT2D eigenvalue weighted by Crippen LogP contribution is -2.28. The van der Waals surface area contributed by atoms with Crippen LogP contribution in [0.5, 0.6) is 17.2 Å². The Hall–Kier alpha value is -15.7. The van der Waals surface area contributed by atoms with Crippen LogP contribution in [0.3, 0.4) is 0 Å². The van der Waals surface area contributed by atoms with E-state index in [-0.39, 0.29) is 314 Å². The Labute approximate surface area is 831 Å². The average Bonchev–Trinajstić information content (AvgIpc) is 1.60. The molecule has 10 aromatic carbocycles. The number of anilines is 3. The molecule has 0 radical (unpaired) electrons. The number of aliphatic hydroxyl groups excluding tert-OH is 8. The Kier molecular flexibility index (Phi) is 39.3. The lowest BCUT2D eigenvalue weighted by atomic mass is 10.1. The van der Waals surface area contributed by atoms with Gasteiger partial charge in [0.15, 0.2) is 0 Å². The van der Waals surface area contributed by atoms with E-state index >= 15 is 0 Å². The van der Waals surface area contributed by atoms with Gasteiger partial charge in [0.25, 0.3) is 88.9 Å². The van der Waals surface area contributed by atoms with Gasteiger partial charge in [-0.05, 0) is 84.9 Å². The maximum Gasteiger partial charge on any atom is 0.261 e. The van der Waals surface area contributed by atoms with Crippen molar-refractivity contribution in [2.75, 3.05) is 176 Å². The highest BCUT2D eigenvalue weighted by atomic mass is 16.5. The van der Waals surface area contributed by atoms with Gasteiger partial charge < -0.3 is 111 Å². The molecular formula is C102H107N11O35. The zero-order valence-electron chi connectivity index (χ0n) is 79.7. The third-order valence-corrected chi connectivity index (χ3v) is 23.6. The lowest BCUT2D eigenvalue weighted by molar-refractivity contribution is 0.0863. The number of phenolic OH excluding ortho intramolecular Hbond substituents is 3. The minimum atomic E-state index is -0.555. The number of nitrogens with two attached hydrogens (primary N) is 3. The van der Waals surface area contributed by atoms with E-state index in [2.05, 4.69) is 0 Å². The van der Waals surface area contributed by atoms with Gasteiger partial charge in [0.05, 0.1) is 297 Å². The predicted octanol–water partition coefficient (Wildman–Crippen LogP) is -1.90. The lowest BCUT2D eigenvalue weighted by Gasteiger charge is -2.03. The summed E-state index contributed by atoms with van der Waals surface area (Å²) in [4.78, 5) is 200. The van der Waals surface area contributed by atoms with Crippen LogP contribution in [-0.4, -0.2) is 251 Å². The fourth-order valence-corrected chi connectivity index (χ4v) is 16.5. The molecule has 0 aliphatic rings. The van der Waals surface area contributed by atoms with Crippen LogP contribution in [0.25, 0.3) is 118 Å². The first-order valence-electron chi connectivity index (χ1n) is 46.4. The van der Waals surface area contributed by atoms with Crippen molar-refractivity contribution in [2.45, 2.75) is 52.4 Å². The number of nitrogens with zero attached hydrogens (tertiary/aromatic N) is 8. The first kappa shape index (κ1) is 111. The molecule has 18 aromatic rings. The van der Waals surface area contributed by atoms with Crippen molar-refractivity contribution >= 4 is 136 Å². The van der Waals surface area contributed by atoms with Crippen molar-refractivity contribution < 1.29 is 94.1 Å². The molecule has 0 amide bonds. The maximum absolute atomic E-state index is 12.5. The molecule has 780 valence electrons. The molecule has 0 saturated heterocycles. The van der Waals surface area contributed by atoms with Gasteiger partial charge in [-0.2, -0.15) is 0 Å². The summed E-state index contributed by atoms with van der Waals surface area (Å²) in [7, 11) is 0. The Morgan fingerprint density at radius 2 is 0.277 bits per heavy atom. The van der Waals surface area contributed by atoms with Crippen LogP contribution in [0.4, 0.5) is 17.1 Å². The Morgan fingerprint density at radius 1 is 0.162 bits per heavy atom. The summed E-state index contributed by atoms with van der Waals surface area (Å²) in [5, 5.41) is 104. The Bertz CT molecular complexity index is 6970. The minimum absolute atomic E-state index is 0.00717. The highest BCUT2D eigenvalue weighted by Crippen LogP contribution is 2.32. The third-order valence-electron chi connectivity index (χ3n) is 23.6. The zero-order chi connectivity index (χ0) is 107. The van der Waals surface area contributed by atoms with Gasteiger partial charge >= 0.3 is 0 Å². The maximum atomic E-state index is 12.5. The molecule has 17 N–H and O–H groups in total. The molecule has 0 aliphatic carbocycles. The van der Waals surface area contributed by atoms with Gasteiger partial charge in [0, 0.05) is 49.4 Å². The number of nitrogen functional groups attached to an aromatic ring is 3. The minimum Gasteiger partial charge on any atom is -0.507 e. The van der Waals surface area contributed by atoms with Crippen molar-refractivity contribution in [3.05, 3.63) is 323 Å². The molecule has 8 aromatic heterocycles. The number of phenols is 3. The zero-order valence-corrected chi connectivity index (χ0v) is 79.7. The normalized spacial score (nSPS) is 11.4. The number of aromatic hydroxyl groups is 3. The van der Waals surface area contributed by atoms with Crippen LogP contribution in [-0.2, 0) is 90.3 Å². The molecule has 8 heterocycles. The van der Waals surface area contributed by atoms with Gasteiger partial charge in [-0.3, -0.25) is 113 Å². The fraction of sp³-hybridized carbons (Fsp3) is 0.314. The summed E-state index contributed by atoms with van der Waals surface area (Å²) in [5.41, 5.74) is 10.6. The van der Waals surface area contributed by atoms with E-state index in [4.69, 9.17) is 95.9 Å². The largest absolute Gasteiger partial charge is 0.507 e. The molecule has 18 rings (SSSR count). The van der Waals surface area contributed by atoms with E-state index in [0.717, 1.165) is 69.5 Å². The van der Waals surface area contributed by atoms with E-state index in [1.807, 2.05) is 60.7 Å². The molecular weight excluding hydrogens is 1940 g/mol. The number of aliphatic hydroxyl groups is 8. The number of ether oxygens (including phenoxy) is 8. The smallest absolute Gasteiger partial charge is 0.261 e. The molecule has 0 aliphatic heterocycles. The summed E-state index contributed by atoms with van der Waals surface area (Å²) in [6, 6.07) is 42.8. The Morgan fingerprint density at radius 3 is 0.405 bits per heavy atom. The van der Waals surface area contributed by atoms with Crippen LogP contribution in [0.15, 0.2) is 234 Å². The molecule has 0 saturated carbocycles. The van der Waals surface area contributed by atoms with Crippen molar-refractivity contribution in [3.63, 3.8) is 0 Å². The number of hydrogen-bond acceptors (Lipinski definition) is 38. The fourth-order valence-electron chi connectivity index (χ4n) is 16.5. The van der Waals surface area contributed by atoms with Gasteiger partial charge in [-0.15, -0.1) is 0 Å². The molecule has 46 heteroatoms. The monoisotopic (exact) mass is 2050 g/mol. The molecule has 46 nitrogen and oxygen atoms in total. The highest BCUT2D eigenvalue weighted by Gasteiger charge is 2.26. The Balaban J connectivity index is 0.000000157. The second-order valence-electron chi connectivity index (χ2n) is 32.7. The number of benzene rings is 10. The number of rotatable bonds is 40. The van der Waals surface area contributed by atoms with E-state index in [1.165, 1.54) is 48.5 Å². The first-order chi connectivity index (χ1) is 71.4. The van der Waals surface area contributed by atoms with Gasteiger partial charge in [-0.25, -0.2) is 0 Å². The number of hydrogen-bond donors (Lipinski definition) is 14.